The molecule has 84 valence electrons. The molecule has 1 aromatic carbocycles. The van der Waals surface area contributed by atoms with E-state index in [4.69, 9.17) is 11.6 Å². The second kappa shape index (κ2) is 4.60. The summed E-state index contributed by atoms with van der Waals surface area (Å²) in [7, 11) is 0. The highest BCUT2D eigenvalue weighted by Gasteiger charge is 2.15. The lowest BCUT2D eigenvalue weighted by Crippen LogP contribution is -3.00. The van der Waals surface area contributed by atoms with Crippen molar-refractivity contribution in [2.45, 2.75) is 19.4 Å². The van der Waals surface area contributed by atoms with E-state index in [0.717, 1.165) is 18.0 Å². The van der Waals surface area contributed by atoms with Crippen LogP contribution in [0.15, 0.2) is 30.5 Å². The Hall–Kier alpha value is -0.800. The SMILES string of the molecule is Clc1ccc(-c2cnc3n2CCC3)cc1.[Br-]. The minimum atomic E-state index is 0. The highest BCUT2D eigenvalue weighted by Crippen LogP contribution is 2.26. The number of rotatable bonds is 1. The van der Waals surface area contributed by atoms with E-state index in [1.165, 1.54) is 23.5 Å². The van der Waals surface area contributed by atoms with Gasteiger partial charge in [-0.1, -0.05) is 23.7 Å². The summed E-state index contributed by atoms with van der Waals surface area (Å²) in [5.74, 6) is 1.21. The summed E-state index contributed by atoms with van der Waals surface area (Å²) >= 11 is 5.87. The van der Waals surface area contributed by atoms with E-state index in [-0.39, 0.29) is 17.0 Å². The van der Waals surface area contributed by atoms with Gasteiger partial charge < -0.3 is 21.5 Å². The van der Waals surface area contributed by atoms with E-state index in [1.807, 2.05) is 30.5 Å². The van der Waals surface area contributed by atoms with Crippen molar-refractivity contribution in [3.63, 3.8) is 0 Å². The van der Waals surface area contributed by atoms with E-state index in [9.17, 15) is 0 Å². The smallest absolute Gasteiger partial charge is 0.109 e. The number of halogens is 2. The Bertz CT molecular complexity index is 490. The lowest BCUT2D eigenvalue weighted by molar-refractivity contribution is -0.00000299. The van der Waals surface area contributed by atoms with Crippen molar-refractivity contribution >= 4 is 11.6 Å². The summed E-state index contributed by atoms with van der Waals surface area (Å²) in [6.07, 6.45) is 4.27. The zero-order valence-corrected chi connectivity index (χ0v) is 11.0. The van der Waals surface area contributed by atoms with Crippen molar-refractivity contribution < 1.29 is 17.0 Å². The Kier molecular flexibility index (Phi) is 3.36. The van der Waals surface area contributed by atoms with Gasteiger partial charge in [-0.2, -0.15) is 0 Å². The van der Waals surface area contributed by atoms with Crippen molar-refractivity contribution in [3.05, 3.63) is 41.3 Å². The maximum absolute atomic E-state index is 5.87. The van der Waals surface area contributed by atoms with Crippen LogP contribution in [0, 0.1) is 0 Å². The van der Waals surface area contributed by atoms with Crippen LogP contribution in [0.1, 0.15) is 12.2 Å². The van der Waals surface area contributed by atoms with Crippen molar-refractivity contribution in [2.24, 2.45) is 0 Å². The average Bonchev–Trinajstić information content (AvgIpc) is 2.80. The molecule has 0 saturated carbocycles. The zero-order chi connectivity index (χ0) is 10.3. The quantitative estimate of drug-likeness (QED) is 0.733. The van der Waals surface area contributed by atoms with Gasteiger partial charge in [0.25, 0.3) is 0 Å². The topological polar surface area (TPSA) is 17.8 Å². The molecule has 0 aliphatic carbocycles. The van der Waals surface area contributed by atoms with Crippen LogP contribution in [0.5, 0.6) is 0 Å². The van der Waals surface area contributed by atoms with Gasteiger partial charge >= 0.3 is 0 Å². The molecule has 1 aliphatic heterocycles. The lowest BCUT2D eigenvalue weighted by atomic mass is 10.2. The van der Waals surface area contributed by atoms with Crippen LogP contribution in [0.3, 0.4) is 0 Å². The Morgan fingerprint density at radius 1 is 1.19 bits per heavy atom. The van der Waals surface area contributed by atoms with Gasteiger partial charge in [0.15, 0.2) is 0 Å². The molecule has 0 amide bonds. The Balaban J connectivity index is 0.000000963. The molecule has 3 rings (SSSR count). The number of benzene rings is 1. The molecule has 0 radical (unpaired) electrons. The summed E-state index contributed by atoms with van der Waals surface area (Å²) in [5, 5.41) is 0.778. The van der Waals surface area contributed by atoms with Crippen molar-refractivity contribution in [2.75, 3.05) is 0 Å². The molecule has 2 nitrogen and oxygen atoms in total. The van der Waals surface area contributed by atoms with E-state index in [0.29, 0.717) is 0 Å². The number of nitrogens with zero attached hydrogens (tertiary/aromatic N) is 2. The molecule has 2 aromatic rings. The molecule has 0 N–H and O–H groups in total. The predicted octanol–water partition coefficient (Wildman–Crippen LogP) is 0.154. The third kappa shape index (κ3) is 1.89. The first-order valence-corrected chi connectivity index (χ1v) is 5.53. The predicted molar refractivity (Wildman–Crippen MR) is 61.0 cm³/mol. The van der Waals surface area contributed by atoms with E-state index < -0.39 is 0 Å². The van der Waals surface area contributed by atoms with Gasteiger partial charge in [0.2, 0.25) is 0 Å². The van der Waals surface area contributed by atoms with Crippen LogP contribution in [-0.2, 0) is 13.0 Å². The molecule has 16 heavy (non-hydrogen) atoms. The number of hydrogen-bond donors (Lipinski definition) is 0. The Morgan fingerprint density at radius 3 is 2.69 bits per heavy atom. The lowest BCUT2D eigenvalue weighted by Gasteiger charge is -2.04. The highest BCUT2D eigenvalue weighted by molar-refractivity contribution is 6.30. The summed E-state index contributed by atoms with van der Waals surface area (Å²) in [6, 6.07) is 7.94. The first-order valence-electron chi connectivity index (χ1n) is 5.15. The first kappa shape index (κ1) is 11.7. The number of imidazole rings is 1. The largest absolute Gasteiger partial charge is 1.00 e. The third-order valence-corrected chi connectivity index (χ3v) is 3.11. The van der Waals surface area contributed by atoms with Gasteiger partial charge in [0.1, 0.15) is 5.82 Å². The molecule has 4 heteroatoms. The molecule has 0 atom stereocenters. The standard InChI is InChI=1S/C12H11ClN2.BrH/c13-10-5-3-9(4-6-10)11-8-14-12-2-1-7-15(11)12;/h3-6,8H,1-2,7H2;1H/p-1. The van der Waals surface area contributed by atoms with Crippen LogP contribution in [-0.4, -0.2) is 9.55 Å². The van der Waals surface area contributed by atoms with Crippen LogP contribution < -0.4 is 17.0 Å². The molecular weight excluding hydrogens is 288 g/mol. The maximum Gasteiger partial charge on any atom is 0.109 e. The third-order valence-electron chi connectivity index (χ3n) is 2.86. The van der Waals surface area contributed by atoms with E-state index in [2.05, 4.69) is 9.55 Å². The Labute approximate surface area is 110 Å². The molecule has 0 unspecified atom stereocenters. The fraction of sp³-hybridized carbons (Fsp3) is 0.250. The summed E-state index contributed by atoms with van der Waals surface area (Å²) in [6.45, 7) is 1.09. The van der Waals surface area contributed by atoms with Crippen molar-refractivity contribution in [3.8, 4) is 11.3 Å². The first-order chi connectivity index (χ1) is 7.34. The molecule has 0 fully saturated rings. The molecule has 0 saturated heterocycles. The maximum atomic E-state index is 5.87. The van der Waals surface area contributed by atoms with E-state index in [1.54, 1.807) is 0 Å². The number of aromatic nitrogens is 2. The van der Waals surface area contributed by atoms with Crippen LogP contribution in [0.4, 0.5) is 0 Å². The van der Waals surface area contributed by atoms with Crippen molar-refractivity contribution in [1.29, 1.82) is 0 Å². The van der Waals surface area contributed by atoms with E-state index >= 15 is 0 Å². The van der Waals surface area contributed by atoms with Crippen LogP contribution in [0.25, 0.3) is 11.3 Å². The average molecular weight is 299 g/mol. The molecule has 1 aliphatic rings. The Morgan fingerprint density at radius 2 is 1.94 bits per heavy atom. The highest BCUT2D eigenvalue weighted by atomic mass is 79.9. The normalized spacial score (nSPS) is 13.3. The number of aryl methyl sites for hydroxylation is 1. The minimum Gasteiger partial charge on any atom is -1.00 e. The number of hydrogen-bond acceptors (Lipinski definition) is 1. The van der Waals surface area contributed by atoms with Crippen LogP contribution in [0.2, 0.25) is 5.02 Å². The second-order valence-electron chi connectivity index (χ2n) is 3.82. The fourth-order valence-corrected chi connectivity index (χ4v) is 2.24. The van der Waals surface area contributed by atoms with Gasteiger partial charge in [-0.15, -0.1) is 0 Å². The van der Waals surface area contributed by atoms with Crippen molar-refractivity contribution in [1.82, 2.24) is 9.55 Å². The second-order valence-corrected chi connectivity index (χ2v) is 4.26. The van der Waals surface area contributed by atoms with Crippen LogP contribution >= 0.6 is 11.6 Å². The summed E-state index contributed by atoms with van der Waals surface area (Å²) < 4.78 is 2.29. The molecule has 0 spiro atoms. The fourth-order valence-electron chi connectivity index (χ4n) is 2.11. The zero-order valence-electron chi connectivity index (χ0n) is 8.66. The van der Waals surface area contributed by atoms with Gasteiger partial charge in [0, 0.05) is 18.0 Å². The molecule has 1 aromatic heterocycles. The monoisotopic (exact) mass is 297 g/mol. The van der Waals surface area contributed by atoms with Gasteiger partial charge in [0.05, 0.1) is 11.9 Å². The molecule has 2 heterocycles. The summed E-state index contributed by atoms with van der Waals surface area (Å²) in [5.41, 5.74) is 2.40. The minimum absolute atomic E-state index is 0. The van der Waals surface area contributed by atoms with Gasteiger partial charge in [-0.05, 0) is 24.1 Å². The number of fused-ring (bicyclic) bond motifs is 1. The summed E-state index contributed by atoms with van der Waals surface area (Å²) in [4.78, 5) is 4.43. The molecule has 0 bridgehead atoms. The van der Waals surface area contributed by atoms with Gasteiger partial charge in [-0.25, -0.2) is 4.98 Å². The van der Waals surface area contributed by atoms with Gasteiger partial charge in [-0.3, -0.25) is 0 Å². The molecular formula is C12H11BrClN2-.